The number of carbonyl (C=O) groups excluding carboxylic acids is 2. The molecule has 0 aliphatic rings. The van der Waals surface area contributed by atoms with E-state index in [0.717, 1.165) is 103 Å². The highest BCUT2D eigenvalue weighted by Gasteiger charge is 2.23. The molecule has 0 saturated heterocycles. The molecule has 0 aromatic carbocycles. The van der Waals surface area contributed by atoms with Gasteiger partial charge in [-0.3, -0.25) is 9.59 Å². The van der Waals surface area contributed by atoms with E-state index in [1.165, 1.54) is 51.4 Å². The molecule has 0 fully saturated rings. The van der Waals surface area contributed by atoms with Gasteiger partial charge in [0.15, 0.2) is 0 Å². The third-order valence-corrected chi connectivity index (χ3v) is 10.3. The average Bonchev–Trinajstić information content (AvgIpc) is 3.25. The van der Waals surface area contributed by atoms with Gasteiger partial charge < -0.3 is 20.3 Å². The van der Waals surface area contributed by atoms with Crippen molar-refractivity contribution in [1.82, 2.24) is 5.32 Å². The molecule has 0 aliphatic heterocycles. The molecular formula is C55H91NO5. The Labute approximate surface area is 375 Å². The van der Waals surface area contributed by atoms with Crippen molar-refractivity contribution in [3.05, 3.63) is 109 Å². The summed E-state index contributed by atoms with van der Waals surface area (Å²) in [5.74, 6) is -0.667. The van der Waals surface area contributed by atoms with Gasteiger partial charge in [-0.1, -0.05) is 208 Å². The van der Waals surface area contributed by atoms with Gasteiger partial charge in [-0.05, 0) is 89.5 Å². The maximum Gasteiger partial charge on any atom is 0.306 e. The summed E-state index contributed by atoms with van der Waals surface area (Å²) < 4.78 is 5.80. The summed E-state index contributed by atoms with van der Waals surface area (Å²) in [6, 6.07) is -0.753. The van der Waals surface area contributed by atoms with Crippen LogP contribution in [0.15, 0.2) is 109 Å². The molecule has 3 unspecified atom stereocenters. The zero-order valence-corrected chi connectivity index (χ0v) is 39.2. The number of carbonyl (C=O) groups is 2. The molecular weight excluding hydrogens is 755 g/mol. The predicted molar refractivity (Wildman–Crippen MR) is 263 cm³/mol. The van der Waals surface area contributed by atoms with Gasteiger partial charge in [0.05, 0.1) is 25.2 Å². The Kier molecular flexibility index (Phi) is 44.9. The first-order valence-electron chi connectivity index (χ1n) is 24.6. The first-order chi connectivity index (χ1) is 30.0. The summed E-state index contributed by atoms with van der Waals surface area (Å²) in [4.78, 5) is 26.0. The summed E-state index contributed by atoms with van der Waals surface area (Å²) in [6.45, 7) is 6.19. The van der Waals surface area contributed by atoms with Gasteiger partial charge in [-0.25, -0.2) is 0 Å². The molecule has 0 bridgehead atoms. The Morgan fingerprint density at radius 1 is 0.508 bits per heavy atom. The highest BCUT2D eigenvalue weighted by atomic mass is 16.5. The van der Waals surface area contributed by atoms with Gasteiger partial charge in [0.25, 0.3) is 0 Å². The standard InChI is InChI=1S/C55H91NO5/c1-4-7-10-13-16-19-22-24-26-27-28-29-32-34-37-40-43-46-51(61-55(60)48-45-42-39-36-33-30-25-23-20-17-14-11-8-5-2)49-54(59)56-52(50-57)53(58)47-44-41-38-35-31-21-18-15-12-9-6-3/h7-8,10-11,16-17,19-20,24-26,28-30,34,37,43,46,51-53,57-58H,4-6,9,12-15,18,21-23,27,31-33,35-36,38-42,44-45,47-50H2,1-3H3,(H,56,59)/b10-7-,11-8+,19-16-,20-17+,26-24-,29-28-,30-25+,37-34-,46-43-. The van der Waals surface area contributed by atoms with Crippen LogP contribution in [-0.4, -0.2) is 46.9 Å². The van der Waals surface area contributed by atoms with E-state index in [4.69, 9.17) is 4.74 Å². The number of ether oxygens (including phenoxy) is 1. The van der Waals surface area contributed by atoms with Crippen LogP contribution in [0.3, 0.4) is 0 Å². The van der Waals surface area contributed by atoms with Crippen molar-refractivity contribution < 1.29 is 24.5 Å². The zero-order valence-electron chi connectivity index (χ0n) is 39.2. The number of amides is 1. The Hall–Kier alpha value is -3.48. The lowest BCUT2D eigenvalue weighted by atomic mass is 10.0. The first-order valence-corrected chi connectivity index (χ1v) is 24.6. The van der Waals surface area contributed by atoms with Crippen LogP contribution in [0.25, 0.3) is 0 Å². The van der Waals surface area contributed by atoms with Crippen molar-refractivity contribution >= 4 is 11.9 Å². The van der Waals surface area contributed by atoms with Crippen LogP contribution in [-0.2, 0) is 14.3 Å². The predicted octanol–water partition coefficient (Wildman–Crippen LogP) is 14.7. The van der Waals surface area contributed by atoms with Crippen molar-refractivity contribution in [3.63, 3.8) is 0 Å². The number of aliphatic hydroxyl groups excluding tert-OH is 2. The van der Waals surface area contributed by atoms with Crippen LogP contribution in [0.1, 0.15) is 201 Å². The lowest BCUT2D eigenvalue weighted by Crippen LogP contribution is -2.46. The van der Waals surface area contributed by atoms with Crippen LogP contribution >= 0.6 is 0 Å². The second-order valence-corrected chi connectivity index (χ2v) is 16.1. The maximum atomic E-state index is 13.1. The Morgan fingerprint density at radius 3 is 1.39 bits per heavy atom. The minimum absolute atomic E-state index is 0.0630. The van der Waals surface area contributed by atoms with Crippen LogP contribution in [0.5, 0.6) is 0 Å². The molecule has 6 heteroatoms. The number of hydrogen-bond acceptors (Lipinski definition) is 5. The second kappa shape index (κ2) is 47.6. The molecule has 61 heavy (non-hydrogen) atoms. The quantitative estimate of drug-likeness (QED) is 0.0323. The molecule has 0 aliphatic carbocycles. The van der Waals surface area contributed by atoms with Gasteiger partial charge in [-0.2, -0.15) is 0 Å². The fourth-order valence-corrected chi connectivity index (χ4v) is 6.68. The van der Waals surface area contributed by atoms with Crippen LogP contribution in [0.4, 0.5) is 0 Å². The third kappa shape index (κ3) is 43.0. The second-order valence-electron chi connectivity index (χ2n) is 16.1. The van der Waals surface area contributed by atoms with Crippen molar-refractivity contribution in [2.75, 3.05) is 6.61 Å². The molecule has 0 spiro atoms. The largest absolute Gasteiger partial charge is 0.458 e. The molecule has 346 valence electrons. The van der Waals surface area contributed by atoms with Crippen molar-refractivity contribution in [2.45, 2.75) is 219 Å². The number of unbranched alkanes of at least 4 members (excludes halogenated alkanes) is 14. The molecule has 0 radical (unpaired) electrons. The molecule has 3 N–H and O–H groups in total. The van der Waals surface area contributed by atoms with Gasteiger partial charge >= 0.3 is 5.97 Å². The van der Waals surface area contributed by atoms with Crippen LogP contribution in [0.2, 0.25) is 0 Å². The molecule has 0 rings (SSSR count). The minimum atomic E-state index is -0.829. The molecule has 3 atom stereocenters. The summed E-state index contributed by atoms with van der Waals surface area (Å²) in [5, 5.41) is 23.6. The lowest BCUT2D eigenvalue weighted by molar-refractivity contribution is -0.148. The van der Waals surface area contributed by atoms with E-state index in [0.29, 0.717) is 19.3 Å². The fourth-order valence-electron chi connectivity index (χ4n) is 6.68. The third-order valence-electron chi connectivity index (χ3n) is 10.3. The maximum absolute atomic E-state index is 13.1. The summed E-state index contributed by atoms with van der Waals surface area (Å²) in [5.41, 5.74) is 0. The monoisotopic (exact) mass is 846 g/mol. The molecule has 0 saturated carbocycles. The van der Waals surface area contributed by atoms with Crippen LogP contribution in [0, 0.1) is 0 Å². The molecule has 1 amide bonds. The van der Waals surface area contributed by atoms with Crippen LogP contribution < -0.4 is 5.32 Å². The van der Waals surface area contributed by atoms with E-state index < -0.39 is 18.2 Å². The number of rotatable bonds is 42. The molecule has 6 nitrogen and oxygen atoms in total. The van der Waals surface area contributed by atoms with E-state index >= 15 is 0 Å². The topological polar surface area (TPSA) is 95.9 Å². The van der Waals surface area contributed by atoms with Gasteiger partial charge in [0.2, 0.25) is 5.91 Å². The molecule has 0 aromatic rings. The molecule has 0 aromatic heterocycles. The highest BCUT2D eigenvalue weighted by Crippen LogP contribution is 2.15. The van der Waals surface area contributed by atoms with E-state index in [1.807, 2.05) is 6.08 Å². The van der Waals surface area contributed by atoms with Crippen molar-refractivity contribution in [3.8, 4) is 0 Å². The number of nitrogens with one attached hydrogen (secondary N) is 1. The van der Waals surface area contributed by atoms with E-state index in [9.17, 15) is 19.8 Å². The highest BCUT2D eigenvalue weighted by molar-refractivity contribution is 5.78. The average molecular weight is 846 g/mol. The Balaban J connectivity index is 4.86. The number of aliphatic hydroxyl groups is 2. The number of esters is 1. The number of hydrogen-bond donors (Lipinski definition) is 3. The van der Waals surface area contributed by atoms with Crippen molar-refractivity contribution in [2.24, 2.45) is 0 Å². The summed E-state index contributed by atoms with van der Waals surface area (Å²) in [7, 11) is 0. The minimum Gasteiger partial charge on any atom is -0.458 e. The normalized spacial score (nSPS) is 14.2. The Bertz CT molecular complexity index is 1270. The fraction of sp³-hybridized carbons (Fsp3) is 0.636. The van der Waals surface area contributed by atoms with Gasteiger partial charge in [0, 0.05) is 6.42 Å². The van der Waals surface area contributed by atoms with E-state index in [-0.39, 0.29) is 24.9 Å². The lowest BCUT2D eigenvalue weighted by Gasteiger charge is -2.23. The van der Waals surface area contributed by atoms with E-state index in [1.54, 1.807) is 6.08 Å². The summed E-state index contributed by atoms with van der Waals surface area (Å²) >= 11 is 0. The van der Waals surface area contributed by atoms with E-state index in [2.05, 4.69) is 123 Å². The SMILES string of the molecule is CC/C=C\C/C=C\C/C=C\C/C=C\C/C=C\C/C=C\C(CC(=O)NC(CO)C(O)CCCCCCCCCCCCC)OC(=O)CCCCCC/C=C/C/C=C/C/C=C/CC. The Morgan fingerprint density at radius 2 is 0.918 bits per heavy atom. The first kappa shape index (κ1) is 57.5. The smallest absolute Gasteiger partial charge is 0.306 e. The van der Waals surface area contributed by atoms with Gasteiger partial charge in [0.1, 0.15) is 6.10 Å². The van der Waals surface area contributed by atoms with Gasteiger partial charge in [-0.15, -0.1) is 0 Å². The molecule has 0 heterocycles. The number of allylic oxidation sites excluding steroid dienone is 17. The zero-order chi connectivity index (χ0) is 44.5. The van der Waals surface area contributed by atoms with Crippen molar-refractivity contribution in [1.29, 1.82) is 0 Å². The summed E-state index contributed by atoms with van der Waals surface area (Å²) in [6.07, 6.45) is 64.6.